The average Bonchev–Trinajstić information content (AvgIpc) is 2.76. The highest BCUT2D eigenvalue weighted by Gasteiger charge is 2.31. The predicted octanol–water partition coefficient (Wildman–Crippen LogP) is 2.47. The molecule has 10 heteroatoms. The van der Waals surface area contributed by atoms with E-state index in [2.05, 4.69) is 9.97 Å². The molecule has 0 spiro atoms. The molecule has 0 aliphatic carbocycles. The fourth-order valence-electron chi connectivity index (χ4n) is 3.63. The monoisotopic (exact) mass is 431 g/mol. The number of fused-ring (bicyclic) bond motifs is 1. The maximum Gasteiger partial charge on any atom is 0.417 e. The van der Waals surface area contributed by atoms with Gasteiger partial charge in [-0.25, -0.2) is 9.97 Å². The minimum Gasteiger partial charge on any atom is -0.353 e. The van der Waals surface area contributed by atoms with Crippen molar-refractivity contribution in [1.82, 2.24) is 19.4 Å². The van der Waals surface area contributed by atoms with Crippen LogP contribution < -0.4 is 10.5 Å². The molecule has 31 heavy (non-hydrogen) atoms. The van der Waals surface area contributed by atoms with Gasteiger partial charge in [-0.1, -0.05) is 12.1 Å². The maximum atomic E-state index is 12.8. The van der Waals surface area contributed by atoms with Crippen LogP contribution >= 0.6 is 0 Å². The van der Waals surface area contributed by atoms with E-state index in [1.807, 2.05) is 4.90 Å². The first-order valence-corrected chi connectivity index (χ1v) is 9.76. The zero-order valence-electron chi connectivity index (χ0n) is 16.8. The molecule has 0 saturated carbocycles. The Labute approximate surface area is 175 Å². The third kappa shape index (κ3) is 4.23. The lowest BCUT2D eigenvalue weighted by Crippen LogP contribution is -2.50. The Morgan fingerprint density at radius 2 is 1.77 bits per heavy atom. The second-order valence-corrected chi connectivity index (χ2v) is 7.34. The number of rotatable bonds is 3. The molecule has 1 aliphatic rings. The van der Waals surface area contributed by atoms with Crippen LogP contribution in [-0.2, 0) is 17.5 Å². The smallest absolute Gasteiger partial charge is 0.353 e. The zero-order chi connectivity index (χ0) is 22.2. The first-order chi connectivity index (χ1) is 14.7. The summed E-state index contributed by atoms with van der Waals surface area (Å²) in [6.07, 6.45) is -3.61. The quantitative estimate of drug-likeness (QED) is 0.637. The van der Waals surface area contributed by atoms with Crippen molar-refractivity contribution in [3.63, 3.8) is 0 Å². The van der Waals surface area contributed by atoms with E-state index in [-0.39, 0.29) is 18.0 Å². The van der Waals surface area contributed by atoms with Crippen molar-refractivity contribution in [3.05, 3.63) is 64.3 Å². The molecule has 2 aromatic heterocycles. The van der Waals surface area contributed by atoms with Crippen LogP contribution in [0.3, 0.4) is 0 Å². The topological polar surface area (TPSA) is 71.3 Å². The highest BCUT2D eigenvalue weighted by Crippen LogP contribution is 2.29. The van der Waals surface area contributed by atoms with Crippen LogP contribution in [0.4, 0.5) is 19.0 Å². The Balaban J connectivity index is 1.42. The first-order valence-electron chi connectivity index (χ1n) is 9.76. The van der Waals surface area contributed by atoms with Gasteiger partial charge in [0.2, 0.25) is 5.91 Å². The SMILES string of the molecule is Cc1nc2ccccc2c(=O)n1CC(=O)N1CCN(c2ccc(C(F)(F)F)cn2)CC1. The zero-order valence-corrected chi connectivity index (χ0v) is 16.8. The second-order valence-electron chi connectivity index (χ2n) is 7.34. The average molecular weight is 431 g/mol. The summed E-state index contributed by atoms with van der Waals surface area (Å²) in [7, 11) is 0. The molecular weight excluding hydrogens is 411 g/mol. The molecule has 1 aromatic carbocycles. The summed E-state index contributed by atoms with van der Waals surface area (Å²) in [5.74, 6) is 0.692. The fourth-order valence-corrected chi connectivity index (χ4v) is 3.63. The third-order valence-corrected chi connectivity index (χ3v) is 5.38. The van der Waals surface area contributed by atoms with Crippen LogP contribution in [0.5, 0.6) is 0 Å². The van der Waals surface area contributed by atoms with E-state index in [0.29, 0.717) is 48.7 Å². The van der Waals surface area contributed by atoms with E-state index in [1.54, 1.807) is 36.1 Å². The standard InChI is InChI=1S/C21H20F3N5O2/c1-14-26-17-5-3-2-4-16(17)20(31)29(14)13-19(30)28-10-8-27(9-11-28)18-7-6-15(12-25-18)21(22,23)24/h2-7,12H,8-11,13H2,1H3. The van der Waals surface area contributed by atoms with Gasteiger partial charge in [0.25, 0.3) is 5.56 Å². The van der Waals surface area contributed by atoms with Gasteiger partial charge in [0, 0.05) is 32.4 Å². The van der Waals surface area contributed by atoms with Crippen LogP contribution in [0.15, 0.2) is 47.4 Å². The van der Waals surface area contributed by atoms with Crippen molar-refractivity contribution in [1.29, 1.82) is 0 Å². The summed E-state index contributed by atoms with van der Waals surface area (Å²) in [5.41, 5.74) is -0.467. The number of carbonyl (C=O) groups is 1. The van der Waals surface area contributed by atoms with Crippen LogP contribution in [0.1, 0.15) is 11.4 Å². The van der Waals surface area contributed by atoms with Gasteiger partial charge < -0.3 is 9.80 Å². The lowest BCUT2D eigenvalue weighted by molar-refractivity contribution is -0.138. The number of halogens is 3. The molecule has 4 rings (SSSR count). The molecule has 1 fully saturated rings. The molecular formula is C21H20F3N5O2. The van der Waals surface area contributed by atoms with Gasteiger partial charge in [-0.2, -0.15) is 13.2 Å². The van der Waals surface area contributed by atoms with Gasteiger partial charge in [-0.05, 0) is 31.2 Å². The van der Waals surface area contributed by atoms with Gasteiger partial charge in [0.05, 0.1) is 16.5 Å². The molecule has 3 aromatic rings. The number of amides is 1. The summed E-state index contributed by atoms with van der Waals surface area (Å²) in [6, 6.07) is 9.33. The molecule has 0 unspecified atom stereocenters. The molecule has 1 aliphatic heterocycles. The van der Waals surface area contributed by atoms with Crippen LogP contribution in [0.25, 0.3) is 10.9 Å². The summed E-state index contributed by atoms with van der Waals surface area (Å²) in [6.45, 7) is 3.23. The molecule has 7 nitrogen and oxygen atoms in total. The highest BCUT2D eigenvalue weighted by atomic mass is 19.4. The number of alkyl halides is 3. The van der Waals surface area contributed by atoms with Gasteiger partial charge >= 0.3 is 6.18 Å². The molecule has 3 heterocycles. The van der Waals surface area contributed by atoms with Crippen LogP contribution in [-0.4, -0.2) is 51.5 Å². The summed E-state index contributed by atoms with van der Waals surface area (Å²) < 4.78 is 39.5. The lowest BCUT2D eigenvalue weighted by atomic mass is 10.2. The van der Waals surface area contributed by atoms with Crippen molar-refractivity contribution < 1.29 is 18.0 Å². The van der Waals surface area contributed by atoms with Crippen molar-refractivity contribution >= 4 is 22.6 Å². The Hall–Kier alpha value is -3.43. The molecule has 0 bridgehead atoms. The van der Waals surface area contributed by atoms with E-state index in [9.17, 15) is 22.8 Å². The molecule has 1 saturated heterocycles. The van der Waals surface area contributed by atoms with E-state index in [1.165, 1.54) is 10.6 Å². The summed E-state index contributed by atoms with van der Waals surface area (Å²) in [5, 5.41) is 0.457. The van der Waals surface area contributed by atoms with E-state index in [0.717, 1.165) is 12.3 Å². The number of anilines is 1. The van der Waals surface area contributed by atoms with Gasteiger partial charge in [-0.15, -0.1) is 0 Å². The molecule has 0 atom stereocenters. The molecule has 1 amide bonds. The number of carbonyl (C=O) groups excluding carboxylic acids is 1. The molecule has 162 valence electrons. The third-order valence-electron chi connectivity index (χ3n) is 5.38. The Morgan fingerprint density at radius 1 is 1.06 bits per heavy atom. The van der Waals surface area contributed by atoms with Gasteiger partial charge in [0.15, 0.2) is 0 Å². The molecule has 0 N–H and O–H groups in total. The fraction of sp³-hybridized carbons (Fsp3) is 0.333. The Bertz CT molecular complexity index is 1170. The number of piperazine rings is 1. The number of hydrogen-bond donors (Lipinski definition) is 0. The summed E-state index contributed by atoms with van der Waals surface area (Å²) >= 11 is 0. The minimum absolute atomic E-state index is 0.110. The van der Waals surface area contributed by atoms with Gasteiger partial charge in [-0.3, -0.25) is 14.2 Å². The van der Waals surface area contributed by atoms with Crippen molar-refractivity contribution in [2.45, 2.75) is 19.6 Å². The highest BCUT2D eigenvalue weighted by molar-refractivity contribution is 5.79. The summed E-state index contributed by atoms with van der Waals surface area (Å²) in [4.78, 5) is 37.3. The maximum absolute atomic E-state index is 12.8. The van der Waals surface area contributed by atoms with E-state index in [4.69, 9.17) is 0 Å². The van der Waals surface area contributed by atoms with E-state index < -0.39 is 11.7 Å². The molecule has 0 radical (unpaired) electrons. The van der Waals surface area contributed by atoms with Crippen LogP contribution in [0, 0.1) is 6.92 Å². The van der Waals surface area contributed by atoms with Crippen molar-refractivity contribution in [3.8, 4) is 0 Å². The predicted molar refractivity (Wildman–Crippen MR) is 109 cm³/mol. The van der Waals surface area contributed by atoms with E-state index >= 15 is 0 Å². The number of para-hydroxylation sites is 1. The normalized spacial score (nSPS) is 14.8. The minimum atomic E-state index is -4.43. The number of nitrogens with zero attached hydrogens (tertiary/aromatic N) is 5. The first kappa shape index (κ1) is 20.8. The van der Waals surface area contributed by atoms with Gasteiger partial charge in [0.1, 0.15) is 18.2 Å². The largest absolute Gasteiger partial charge is 0.417 e. The lowest BCUT2D eigenvalue weighted by Gasteiger charge is -2.35. The number of aromatic nitrogens is 3. The number of aryl methyl sites for hydroxylation is 1. The van der Waals surface area contributed by atoms with Crippen molar-refractivity contribution in [2.24, 2.45) is 0 Å². The number of pyridine rings is 1. The van der Waals surface area contributed by atoms with Crippen LogP contribution in [0.2, 0.25) is 0 Å². The number of benzene rings is 1. The second kappa shape index (κ2) is 8.01. The Morgan fingerprint density at radius 3 is 2.42 bits per heavy atom. The van der Waals surface area contributed by atoms with Crippen molar-refractivity contribution in [2.75, 3.05) is 31.1 Å². The Kier molecular flexibility index (Phi) is 5.38. The number of hydrogen-bond acceptors (Lipinski definition) is 5.